The van der Waals surface area contributed by atoms with E-state index in [9.17, 15) is 9.59 Å². The summed E-state index contributed by atoms with van der Waals surface area (Å²) in [6, 6.07) is 1.70. The largest absolute Gasteiger partial charge is 0.463 e. The average Bonchev–Trinajstić information content (AvgIpc) is 2.98. The fraction of sp³-hybridized carbons (Fsp3) is 0.273. The molecular weight excluding hydrogens is 256 g/mol. The number of rotatable bonds is 5. The van der Waals surface area contributed by atoms with Gasteiger partial charge in [0.2, 0.25) is 5.76 Å². The van der Waals surface area contributed by atoms with Crippen LogP contribution in [0.1, 0.15) is 21.8 Å². The fourth-order valence-electron chi connectivity index (χ4n) is 1.48. The van der Waals surface area contributed by atoms with Gasteiger partial charge in [-0.3, -0.25) is 4.79 Å². The number of nitrogens with one attached hydrogen (secondary N) is 2. The van der Waals surface area contributed by atoms with Crippen molar-refractivity contribution in [3.8, 4) is 0 Å². The van der Waals surface area contributed by atoms with Crippen LogP contribution in [0.5, 0.6) is 0 Å². The number of aromatic amines is 1. The summed E-state index contributed by atoms with van der Waals surface area (Å²) in [5.74, 6) is -0.301. The van der Waals surface area contributed by atoms with Crippen LogP contribution in [0.25, 0.3) is 0 Å². The van der Waals surface area contributed by atoms with Crippen LogP contribution in [0.4, 0.5) is 0 Å². The molecule has 2 heterocycles. The number of H-pyrrole nitrogens is 1. The molecule has 0 saturated heterocycles. The van der Waals surface area contributed by atoms with Gasteiger partial charge in [0.25, 0.3) is 0 Å². The molecule has 0 aliphatic carbocycles. The SMILES string of the molecule is COC(=O)c1occc1CNCc1csc(=O)[nH]1. The molecule has 0 amide bonds. The Morgan fingerprint density at radius 1 is 1.56 bits per heavy atom. The third kappa shape index (κ3) is 2.88. The monoisotopic (exact) mass is 268 g/mol. The van der Waals surface area contributed by atoms with E-state index in [-0.39, 0.29) is 10.6 Å². The van der Waals surface area contributed by atoms with Crippen molar-refractivity contribution in [3.05, 3.63) is 44.4 Å². The molecule has 0 aliphatic rings. The summed E-state index contributed by atoms with van der Waals surface area (Å²) in [7, 11) is 1.30. The Morgan fingerprint density at radius 2 is 2.39 bits per heavy atom. The second-order valence-corrected chi connectivity index (χ2v) is 4.39. The van der Waals surface area contributed by atoms with Gasteiger partial charge in [-0.15, -0.1) is 0 Å². The number of aromatic nitrogens is 1. The van der Waals surface area contributed by atoms with E-state index < -0.39 is 5.97 Å². The van der Waals surface area contributed by atoms with E-state index in [4.69, 9.17) is 4.42 Å². The van der Waals surface area contributed by atoms with Gasteiger partial charge in [-0.1, -0.05) is 11.3 Å². The van der Waals surface area contributed by atoms with Crippen molar-refractivity contribution in [1.29, 1.82) is 0 Å². The van der Waals surface area contributed by atoms with E-state index >= 15 is 0 Å². The van der Waals surface area contributed by atoms with Gasteiger partial charge in [-0.25, -0.2) is 4.79 Å². The lowest BCUT2D eigenvalue weighted by atomic mass is 10.2. The van der Waals surface area contributed by atoms with Crippen LogP contribution >= 0.6 is 11.3 Å². The summed E-state index contributed by atoms with van der Waals surface area (Å²) >= 11 is 1.12. The van der Waals surface area contributed by atoms with Crippen molar-refractivity contribution in [1.82, 2.24) is 10.3 Å². The second-order valence-electron chi connectivity index (χ2n) is 3.54. The number of thiazole rings is 1. The third-order valence-corrected chi connectivity index (χ3v) is 3.04. The van der Waals surface area contributed by atoms with Crippen LogP contribution in [0.2, 0.25) is 0 Å². The van der Waals surface area contributed by atoms with E-state index in [1.54, 1.807) is 11.4 Å². The summed E-state index contributed by atoms with van der Waals surface area (Å²) < 4.78 is 9.65. The molecule has 7 heteroatoms. The number of methoxy groups -OCH3 is 1. The van der Waals surface area contributed by atoms with Crippen LogP contribution in [0.15, 0.2) is 26.9 Å². The Hall–Kier alpha value is -1.86. The van der Waals surface area contributed by atoms with Crippen LogP contribution in [0.3, 0.4) is 0 Å². The third-order valence-electron chi connectivity index (χ3n) is 2.32. The van der Waals surface area contributed by atoms with Gasteiger partial charge in [0.15, 0.2) is 0 Å². The number of carbonyl (C=O) groups is 1. The lowest BCUT2D eigenvalue weighted by Crippen LogP contribution is -2.15. The summed E-state index contributed by atoms with van der Waals surface area (Å²) in [6.07, 6.45) is 1.44. The van der Waals surface area contributed by atoms with Crippen molar-refractivity contribution in [2.75, 3.05) is 7.11 Å². The van der Waals surface area contributed by atoms with Crippen molar-refractivity contribution < 1.29 is 13.9 Å². The van der Waals surface area contributed by atoms with Crippen LogP contribution in [0, 0.1) is 0 Å². The molecule has 2 aromatic heterocycles. The van der Waals surface area contributed by atoms with Gasteiger partial charge >= 0.3 is 10.8 Å². The number of furan rings is 1. The number of carbonyl (C=O) groups excluding carboxylic acids is 1. The predicted octanol–water partition coefficient (Wildman–Crippen LogP) is 1.11. The Labute approximate surface area is 107 Å². The maximum atomic E-state index is 11.3. The highest BCUT2D eigenvalue weighted by Gasteiger charge is 2.15. The zero-order valence-corrected chi connectivity index (χ0v) is 10.5. The first kappa shape index (κ1) is 12.6. The minimum atomic E-state index is -0.499. The van der Waals surface area contributed by atoms with Crippen molar-refractivity contribution in [2.24, 2.45) is 0 Å². The maximum absolute atomic E-state index is 11.3. The molecule has 6 nitrogen and oxygen atoms in total. The quantitative estimate of drug-likeness (QED) is 0.793. The van der Waals surface area contributed by atoms with E-state index in [0.717, 1.165) is 22.6 Å². The Balaban J connectivity index is 1.92. The topological polar surface area (TPSA) is 84.3 Å². The minimum Gasteiger partial charge on any atom is -0.463 e. The van der Waals surface area contributed by atoms with Gasteiger partial charge in [0, 0.05) is 29.7 Å². The van der Waals surface area contributed by atoms with E-state index in [0.29, 0.717) is 13.1 Å². The molecule has 0 radical (unpaired) electrons. The Morgan fingerprint density at radius 3 is 3.06 bits per heavy atom. The molecule has 96 valence electrons. The molecule has 0 fully saturated rings. The highest BCUT2D eigenvalue weighted by molar-refractivity contribution is 7.07. The van der Waals surface area contributed by atoms with Gasteiger partial charge in [0.05, 0.1) is 13.4 Å². The highest BCUT2D eigenvalue weighted by atomic mass is 32.1. The first-order valence-corrected chi connectivity index (χ1v) is 6.10. The van der Waals surface area contributed by atoms with Gasteiger partial charge in [-0.2, -0.15) is 0 Å². The van der Waals surface area contributed by atoms with Crippen molar-refractivity contribution in [2.45, 2.75) is 13.1 Å². The average molecular weight is 268 g/mol. The fourth-order valence-corrected chi connectivity index (χ4v) is 2.06. The standard InChI is InChI=1S/C11H12N2O4S/c1-16-10(14)9-7(2-3-17-9)4-12-5-8-6-18-11(15)13-8/h2-3,6,12H,4-5H2,1H3,(H,13,15). The molecule has 18 heavy (non-hydrogen) atoms. The van der Waals surface area contributed by atoms with Gasteiger partial charge in [-0.05, 0) is 6.07 Å². The number of hydrogen-bond acceptors (Lipinski definition) is 6. The molecule has 2 aromatic rings. The summed E-state index contributed by atoms with van der Waals surface area (Å²) in [6.45, 7) is 0.976. The van der Waals surface area contributed by atoms with Crippen molar-refractivity contribution in [3.63, 3.8) is 0 Å². The molecule has 2 N–H and O–H groups in total. The molecular formula is C11H12N2O4S. The predicted molar refractivity (Wildman–Crippen MR) is 65.5 cm³/mol. The van der Waals surface area contributed by atoms with Crippen LogP contribution in [-0.4, -0.2) is 18.1 Å². The van der Waals surface area contributed by atoms with Crippen LogP contribution < -0.4 is 10.2 Å². The number of esters is 1. The second kappa shape index (κ2) is 5.65. The minimum absolute atomic E-state index is 0.0784. The molecule has 0 spiro atoms. The summed E-state index contributed by atoms with van der Waals surface area (Å²) in [4.78, 5) is 24.9. The normalized spacial score (nSPS) is 10.5. The molecule has 0 aliphatic heterocycles. The maximum Gasteiger partial charge on any atom is 0.374 e. The lowest BCUT2D eigenvalue weighted by molar-refractivity contribution is 0.0563. The molecule has 0 saturated carbocycles. The van der Waals surface area contributed by atoms with E-state index in [1.807, 2.05) is 0 Å². The van der Waals surface area contributed by atoms with Gasteiger partial charge < -0.3 is 19.5 Å². The molecule has 0 bridgehead atoms. The first-order valence-electron chi connectivity index (χ1n) is 5.23. The highest BCUT2D eigenvalue weighted by Crippen LogP contribution is 2.11. The number of ether oxygens (including phenoxy) is 1. The molecule has 0 aromatic carbocycles. The summed E-state index contributed by atoms with van der Waals surface area (Å²) in [5.41, 5.74) is 1.53. The zero-order chi connectivity index (χ0) is 13.0. The Bertz CT molecular complexity index is 584. The van der Waals surface area contributed by atoms with E-state index in [2.05, 4.69) is 15.0 Å². The smallest absolute Gasteiger partial charge is 0.374 e. The van der Waals surface area contributed by atoms with Crippen molar-refractivity contribution >= 4 is 17.3 Å². The number of hydrogen-bond donors (Lipinski definition) is 2. The molecule has 2 rings (SSSR count). The summed E-state index contributed by atoms with van der Waals surface area (Å²) in [5, 5.41) is 4.86. The first-order chi connectivity index (χ1) is 8.70. The molecule has 0 atom stereocenters. The van der Waals surface area contributed by atoms with Gasteiger partial charge in [0.1, 0.15) is 0 Å². The Kier molecular flexibility index (Phi) is 3.96. The lowest BCUT2D eigenvalue weighted by Gasteiger charge is -2.02. The zero-order valence-electron chi connectivity index (χ0n) is 9.69. The van der Waals surface area contributed by atoms with E-state index in [1.165, 1.54) is 13.4 Å². The van der Waals surface area contributed by atoms with Crippen LogP contribution in [-0.2, 0) is 17.8 Å². The molecule has 0 unspecified atom stereocenters.